The summed E-state index contributed by atoms with van der Waals surface area (Å²) in [6.45, 7) is 2.28. The zero-order valence-electron chi connectivity index (χ0n) is 19.5. The summed E-state index contributed by atoms with van der Waals surface area (Å²) in [5, 5.41) is 0. The lowest BCUT2D eigenvalue weighted by molar-refractivity contribution is -0.417. The van der Waals surface area contributed by atoms with Crippen molar-refractivity contribution >= 4 is 11.4 Å². The molecule has 2 aliphatic carbocycles. The maximum absolute atomic E-state index is 5.47. The van der Waals surface area contributed by atoms with Crippen molar-refractivity contribution in [3.05, 3.63) is 130 Å². The third-order valence-electron chi connectivity index (χ3n) is 6.90. The first-order chi connectivity index (χ1) is 16.2. The van der Waals surface area contributed by atoms with Gasteiger partial charge in [0, 0.05) is 17.6 Å². The maximum atomic E-state index is 5.47. The zero-order valence-corrected chi connectivity index (χ0v) is 19.5. The number of fused-ring (bicyclic) bond motifs is 2. The lowest BCUT2D eigenvalue weighted by Crippen LogP contribution is -2.34. The van der Waals surface area contributed by atoms with Gasteiger partial charge in [-0.2, -0.15) is 0 Å². The minimum atomic E-state index is -0.218. The van der Waals surface area contributed by atoms with Crippen LogP contribution in [0.1, 0.15) is 47.6 Å². The largest absolute Gasteiger partial charge is 0.497 e. The van der Waals surface area contributed by atoms with Gasteiger partial charge in [-0.3, -0.25) is 4.42 Å². The number of ketones is 1. The maximum Gasteiger partial charge on any atom is 0.343 e. The first kappa shape index (κ1) is 21.2. The van der Waals surface area contributed by atoms with E-state index in [0.717, 1.165) is 24.4 Å². The van der Waals surface area contributed by atoms with Gasteiger partial charge in [-0.15, -0.1) is 0 Å². The van der Waals surface area contributed by atoms with E-state index in [-0.39, 0.29) is 5.41 Å². The van der Waals surface area contributed by atoms with Crippen LogP contribution in [0.3, 0.4) is 0 Å². The van der Waals surface area contributed by atoms with Crippen LogP contribution in [0.25, 0.3) is 5.57 Å². The zero-order chi connectivity index (χ0) is 22.8. The van der Waals surface area contributed by atoms with E-state index in [0.29, 0.717) is 0 Å². The number of rotatable bonds is 4. The summed E-state index contributed by atoms with van der Waals surface area (Å²) in [7, 11) is 3.43. The molecule has 0 amide bonds. The van der Waals surface area contributed by atoms with Crippen molar-refractivity contribution in [1.82, 2.24) is 0 Å². The van der Waals surface area contributed by atoms with E-state index in [1.54, 1.807) is 14.2 Å². The molecule has 0 saturated carbocycles. The van der Waals surface area contributed by atoms with Gasteiger partial charge in [-0.25, -0.2) is 0 Å². The molecule has 2 heteroatoms. The van der Waals surface area contributed by atoms with E-state index in [1.165, 1.54) is 39.0 Å². The van der Waals surface area contributed by atoms with Gasteiger partial charge in [0.15, 0.2) is 0 Å². The van der Waals surface area contributed by atoms with Crippen molar-refractivity contribution in [2.75, 3.05) is 14.2 Å². The lowest BCUT2D eigenvalue weighted by atomic mass is 9.59. The number of hydrogen-bond acceptors (Lipinski definition) is 1. The van der Waals surface area contributed by atoms with Crippen molar-refractivity contribution in [3.8, 4) is 5.75 Å². The first-order valence-corrected chi connectivity index (χ1v) is 11.6. The van der Waals surface area contributed by atoms with Crippen LogP contribution < -0.4 is 4.74 Å². The molecule has 2 aliphatic rings. The van der Waals surface area contributed by atoms with E-state index in [1.807, 2.05) is 12.2 Å². The molecule has 0 heterocycles. The summed E-state index contributed by atoms with van der Waals surface area (Å²) >= 11 is 0. The van der Waals surface area contributed by atoms with Crippen LogP contribution in [-0.2, 0) is 9.84 Å². The van der Waals surface area contributed by atoms with Crippen molar-refractivity contribution in [3.63, 3.8) is 0 Å². The second-order valence-corrected chi connectivity index (χ2v) is 8.58. The second-order valence-electron chi connectivity index (χ2n) is 8.58. The highest BCUT2D eigenvalue weighted by atomic mass is 16.5. The van der Waals surface area contributed by atoms with Gasteiger partial charge in [0.25, 0.3) is 7.11 Å². The van der Waals surface area contributed by atoms with Crippen molar-refractivity contribution in [2.45, 2.75) is 25.2 Å². The van der Waals surface area contributed by atoms with E-state index in [4.69, 9.17) is 9.16 Å². The van der Waals surface area contributed by atoms with Crippen LogP contribution in [0.2, 0.25) is 0 Å². The number of allylic oxidation sites excluding steroid dienone is 5. The van der Waals surface area contributed by atoms with Gasteiger partial charge in [0.2, 0.25) is 0 Å². The monoisotopic (exact) mass is 433 g/mol. The van der Waals surface area contributed by atoms with Gasteiger partial charge in [-0.05, 0) is 69.7 Å². The van der Waals surface area contributed by atoms with Crippen LogP contribution in [0.15, 0.2) is 103 Å². The van der Waals surface area contributed by atoms with Crippen molar-refractivity contribution in [1.29, 1.82) is 0 Å². The molecule has 0 saturated heterocycles. The molecule has 0 spiro atoms. The third kappa shape index (κ3) is 3.38. The van der Waals surface area contributed by atoms with Crippen LogP contribution >= 0.6 is 0 Å². The molecule has 0 N–H and O–H groups in total. The molecule has 33 heavy (non-hydrogen) atoms. The Hall–Kier alpha value is -3.65. The van der Waals surface area contributed by atoms with Crippen LogP contribution in [0.4, 0.5) is 0 Å². The average molecular weight is 434 g/mol. The summed E-state index contributed by atoms with van der Waals surface area (Å²) in [6.07, 6.45) is 10.5. The lowest BCUT2D eigenvalue weighted by Gasteiger charge is -2.43. The van der Waals surface area contributed by atoms with Gasteiger partial charge >= 0.3 is 5.78 Å². The topological polar surface area (TPSA) is 20.5 Å². The fourth-order valence-electron chi connectivity index (χ4n) is 5.48. The number of hydrogen-bond donors (Lipinski definition) is 0. The fourth-order valence-corrected chi connectivity index (χ4v) is 5.48. The molecule has 0 aromatic heterocycles. The predicted octanol–water partition coefficient (Wildman–Crippen LogP) is 6.81. The molecule has 2 nitrogen and oxygen atoms in total. The Morgan fingerprint density at radius 2 is 1.33 bits per heavy atom. The van der Waals surface area contributed by atoms with Gasteiger partial charge in [0.05, 0.1) is 7.11 Å². The third-order valence-corrected chi connectivity index (χ3v) is 6.90. The Morgan fingerprint density at radius 1 is 0.758 bits per heavy atom. The van der Waals surface area contributed by atoms with Gasteiger partial charge in [-0.1, -0.05) is 74.0 Å². The number of methoxy groups -OCH3 is 1. The summed E-state index contributed by atoms with van der Waals surface area (Å²) < 4.78 is 10.9. The second kappa shape index (κ2) is 8.71. The highest BCUT2D eigenvalue weighted by molar-refractivity contribution is 6.04. The molecule has 0 aliphatic heterocycles. The Bertz CT molecular complexity index is 1240. The molecule has 3 aromatic rings. The van der Waals surface area contributed by atoms with Crippen LogP contribution in [0.5, 0.6) is 5.75 Å². The Labute approximate surface area is 196 Å². The van der Waals surface area contributed by atoms with Crippen molar-refractivity contribution < 1.29 is 9.16 Å². The highest BCUT2D eigenvalue weighted by Crippen LogP contribution is 2.53. The Kier molecular flexibility index (Phi) is 5.60. The Morgan fingerprint density at radius 3 is 1.85 bits per heavy atom. The summed E-state index contributed by atoms with van der Waals surface area (Å²) in [5.41, 5.74) is 8.89. The van der Waals surface area contributed by atoms with Crippen molar-refractivity contribution in [2.24, 2.45) is 0 Å². The molecule has 3 aromatic carbocycles. The van der Waals surface area contributed by atoms with Gasteiger partial charge < -0.3 is 4.74 Å². The normalized spacial score (nSPS) is 18.7. The van der Waals surface area contributed by atoms with Crippen LogP contribution in [0, 0.1) is 0 Å². The first-order valence-electron chi connectivity index (χ1n) is 11.6. The summed E-state index contributed by atoms with van der Waals surface area (Å²) in [4.78, 5) is 0. The smallest absolute Gasteiger partial charge is 0.343 e. The average Bonchev–Trinajstić information content (AvgIpc) is 2.89. The standard InChI is InChI=1S/C31H29O2/c1-4-21-31(23-15-19-25(33-3)20-16-23)28-11-7-5-9-26(28)30(27-10-6-8-12-29(27)31)22-13-17-24(32-2)18-14-22/h5-20H,4,21H2,1-3H3/q+1. The van der Waals surface area contributed by atoms with E-state index in [9.17, 15) is 0 Å². The Balaban J connectivity index is 1.85. The molecule has 0 atom stereocenters. The van der Waals surface area contributed by atoms with Crippen LogP contribution in [-0.4, -0.2) is 20.0 Å². The molecule has 0 fully saturated rings. The SMILES string of the molecule is CCCC1(c2ccc(OC)cc2)c2ccccc2C(=C2C=CC(=[O+]C)C=C2)c2ccccc21. The number of ether oxygens (including phenoxy) is 1. The molecular weight excluding hydrogens is 404 g/mol. The molecule has 0 unspecified atom stereocenters. The molecule has 0 radical (unpaired) electrons. The highest BCUT2D eigenvalue weighted by Gasteiger charge is 2.43. The number of benzene rings is 3. The van der Waals surface area contributed by atoms with Gasteiger partial charge in [0.1, 0.15) is 5.75 Å². The van der Waals surface area contributed by atoms with E-state index in [2.05, 4.69) is 91.9 Å². The predicted molar refractivity (Wildman–Crippen MR) is 136 cm³/mol. The number of carbonyl (C=O) groups excluding carboxylic acids is 1. The summed E-state index contributed by atoms with van der Waals surface area (Å²) in [5.74, 6) is 1.75. The molecular formula is C31H29O2+. The van der Waals surface area contributed by atoms with E-state index < -0.39 is 0 Å². The molecule has 0 bridgehead atoms. The molecule has 164 valence electrons. The summed E-state index contributed by atoms with van der Waals surface area (Å²) in [6, 6.07) is 26.5. The van der Waals surface area contributed by atoms with E-state index >= 15 is 0 Å². The minimum Gasteiger partial charge on any atom is -0.497 e. The quantitative estimate of drug-likeness (QED) is 0.414. The minimum absolute atomic E-state index is 0.218. The fraction of sp³-hybridized carbons (Fsp3) is 0.194. The molecule has 5 rings (SSSR count).